The van der Waals surface area contributed by atoms with E-state index in [0.29, 0.717) is 17.2 Å². The molecule has 0 radical (unpaired) electrons. The number of rotatable bonds is 6. The fraction of sp³-hybridized carbons (Fsp3) is 0.235. The molecule has 216 valence electrons. The molecule has 1 saturated heterocycles. The number of aromatic nitrogens is 1. The van der Waals surface area contributed by atoms with Gasteiger partial charge in [-0.25, -0.2) is 4.98 Å². The highest BCUT2D eigenvalue weighted by molar-refractivity contribution is 7.13. The minimum atomic E-state index is -0.795. The Morgan fingerprint density at radius 2 is 1.67 bits per heavy atom. The van der Waals surface area contributed by atoms with Crippen LogP contribution in [-0.2, 0) is 22.7 Å². The van der Waals surface area contributed by atoms with Crippen LogP contribution >= 0.6 is 11.3 Å². The lowest BCUT2D eigenvalue weighted by Crippen LogP contribution is -2.47. The predicted octanol–water partition coefficient (Wildman–Crippen LogP) is 4.54. The average molecular weight is 590 g/mol. The summed E-state index contributed by atoms with van der Waals surface area (Å²) in [4.78, 5) is 48.7. The number of anilines is 1. The maximum atomic E-state index is 13.7. The highest BCUT2D eigenvalue weighted by atomic mass is 32.1. The van der Waals surface area contributed by atoms with Gasteiger partial charge in [-0.2, -0.15) is 0 Å². The van der Waals surface area contributed by atoms with Crippen LogP contribution in [0.1, 0.15) is 51.1 Å². The molecule has 8 nitrogen and oxygen atoms in total. The van der Waals surface area contributed by atoms with Gasteiger partial charge in [0.1, 0.15) is 6.04 Å². The molecule has 3 aromatic carbocycles. The van der Waals surface area contributed by atoms with E-state index < -0.39 is 6.04 Å². The first-order chi connectivity index (χ1) is 20.9. The standard InChI is InChI=1S/C34H31N5O3S/c1-24(40)38-18-16-37(17-19-38)22-27-11-8-25(9-12-27)7-10-26-13-14-29-23-39(33(42)30(29)21-26)31(28-5-3-2-4-6-28)32(41)36-34-35-15-20-43-34/h2-6,8-9,11-15,20-21,31H,16-19,22-23H2,1H3,(H,35,36,41)/t31-/m1/s1. The smallest absolute Gasteiger partial charge is 0.255 e. The molecular formula is C34H31N5O3S. The summed E-state index contributed by atoms with van der Waals surface area (Å²) >= 11 is 1.33. The van der Waals surface area contributed by atoms with Crippen molar-refractivity contribution in [1.29, 1.82) is 0 Å². The number of nitrogens with one attached hydrogen (secondary N) is 1. The topological polar surface area (TPSA) is 85.9 Å². The fourth-order valence-corrected chi connectivity index (χ4v) is 6.03. The second-order valence-corrected chi connectivity index (χ2v) is 11.6. The lowest BCUT2D eigenvalue weighted by molar-refractivity contribution is -0.130. The van der Waals surface area contributed by atoms with Crippen LogP contribution in [0.3, 0.4) is 0 Å². The van der Waals surface area contributed by atoms with E-state index in [1.165, 1.54) is 16.9 Å². The van der Waals surface area contributed by atoms with Crippen LogP contribution in [0.15, 0.2) is 84.4 Å². The summed E-state index contributed by atoms with van der Waals surface area (Å²) in [6.07, 6.45) is 1.63. The second-order valence-electron chi connectivity index (χ2n) is 10.7. The van der Waals surface area contributed by atoms with Gasteiger partial charge in [0.25, 0.3) is 11.8 Å². The first kappa shape index (κ1) is 28.3. The van der Waals surface area contributed by atoms with E-state index in [2.05, 4.69) is 39.2 Å². The Bertz CT molecular complexity index is 1690. The van der Waals surface area contributed by atoms with E-state index in [-0.39, 0.29) is 17.7 Å². The van der Waals surface area contributed by atoms with Gasteiger partial charge in [-0.3, -0.25) is 24.6 Å². The summed E-state index contributed by atoms with van der Waals surface area (Å²) in [7, 11) is 0. The highest BCUT2D eigenvalue weighted by Crippen LogP contribution is 2.33. The van der Waals surface area contributed by atoms with Crippen LogP contribution < -0.4 is 5.32 Å². The quantitative estimate of drug-likeness (QED) is 0.334. The van der Waals surface area contributed by atoms with Gasteiger partial charge in [-0.05, 0) is 41.0 Å². The Kier molecular flexibility index (Phi) is 8.31. The van der Waals surface area contributed by atoms with Crippen molar-refractivity contribution >= 4 is 34.2 Å². The molecule has 0 saturated carbocycles. The van der Waals surface area contributed by atoms with Crippen molar-refractivity contribution in [2.45, 2.75) is 26.1 Å². The molecule has 2 aliphatic rings. The molecule has 1 fully saturated rings. The molecule has 1 atom stereocenters. The third-order valence-corrected chi connectivity index (χ3v) is 8.50. The predicted molar refractivity (Wildman–Crippen MR) is 166 cm³/mol. The van der Waals surface area contributed by atoms with E-state index in [0.717, 1.165) is 55.0 Å². The Hall–Kier alpha value is -4.78. The third-order valence-electron chi connectivity index (χ3n) is 7.81. The van der Waals surface area contributed by atoms with Crippen LogP contribution in [0.2, 0.25) is 0 Å². The van der Waals surface area contributed by atoms with Crippen LogP contribution in [-0.4, -0.2) is 63.6 Å². The van der Waals surface area contributed by atoms with Gasteiger partial charge in [0, 0.05) is 74.5 Å². The summed E-state index contributed by atoms with van der Waals surface area (Å²) in [5, 5.41) is 5.15. The minimum absolute atomic E-state index is 0.138. The number of carbonyl (C=O) groups excluding carboxylic acids is 3. The van der Waals surface area contributed by atoms with Crippen molar-refractivity contribution in [3.05, 3.63) is 118 Å². The zero-order chi connectivity index (χ0) is 29.8. The summed E-state index contributed by atoms with van der Waals surface area (Å²) in [6.45, 7) is 6.08. The van der Waals surface area contributed by atoms with Crippen molar-refractivity contribution in [3.8, 4) is 11.8 Å². The van der Waals surface area contributed by atoms with E-state index in [1.807, 2.05) is 65.6 Å². The van der Waals surface area contributed by atoms with Crippen molar-refractivity contribution in [3.63, 3.8) is 0 Å². The molecule has 43 heavy (non-hydrogen) atoms. The number of nitrogens with zero attached hydrogens (tertiary/aromatic N) is 4. The Balaban J connectivity index is 1.14. The van der Waals surface area contributed by atoms with E-state index in [1.54, 1.807) is 23.4 Å². The number of carbonyl (C=O) groups is 3. The summed E-state index contributed by atoms with van der Waals surface area (Å²) in [6, 6.07) is 22.4. The molecule has 1 N–H and O–H groups in total. The average Bonchev–Trinajstić information content (AvgIpc) is 3.65. The number of benzene rings is 3. The Labute approximate surface area is 255 Å². The number of fused-ring (bicyclic) bond motifs is 1. The molecule has 3 heterocycles. The van der Waals surface area contributed by atoms with Gasteiger partial charge < -0.3 is 9.80 Å². The van der Waals surface area contributed by atoms with Gasteiger partial charge in [0.05, 0.1) is 0 Å². The Morgan fingerprint density at radius 3 is 2.37 bits per heavy atom. The molecule has 1 aromatic heterocycles. The summed E-state index contributed by atoms with van der Waals surface area (Å²) < 4.78 is 0. The fourth-order valence-electron chi connectivity index (χ4n) is 5.49. The molecule has 9 heteroatoms. The highest BCUT2D eigenvalue weighted by Gasteiger charge is 2.37. The molecular weight excluding hydrogens is 558 g/mol. The SMILES string of the molecule is CC(=O)N1CCN(Cc2ccc(C#Cc3ccc4c(c3)C(=O)N([C@@H](C(=O)Nc3nccs3)c3ccccc3)C4)cc2)CC1. The summed E-state index contributed by atoms with van der Waals surface area (Å²) in [5.41, 5.74) is 5.00. The number of thiazole rings is 1. The molecule has 2 aliphatic heterocycles. The van der Waals surface area contributed by atoms with Gasteiger partial charge >= 0.3 is 0 Å². The normalized spacial score (nSPS) is 15.4. The van der Waals surface area contributed by atoms with E-state index in [9.17, 15) is 14.4 Å². The number of hydrogen-bond donors (Lipinski definition) is 1. The lowest BCUT2D eigenvalue weighted by atomic mass is 10.0. The van der Waals surface area contributed by atoms with Crippen LogP contribution in [0.4, 0.5) is 5.13 Å². The van der Waals surface area contributed by atoms with Crippen molar-refractivity contribution < 1.29 is 14.4 Å². The van der Waals surface area contributed by atoms with Crippen molar-refractivity contribution in [2.75, 3.05) is 31.5 Å². The molecule has 4 aromatic rings. The molecule has 0 aliphatic carbocycles. The largest absolute Gasteiger partial charge is 0.340 e. The van der Waals surface area contributed by atoms with Crippen LogP contribution in [0.25, 0.3) is 0 Å². The molecule has 3 amide bonds. The number of hydrogen-bond acceptors (Lipinski definition) is 6. The summed E-state index contributed by atoms with van der Waals surface area (Å²) in [5.74, 6) is 6.05. The maximum Gasteiger partial charge on any atom is 0.255 e. The van der Waals surface area contributed by atoms with Gasteiger partial charge in [0.2, 0.25) is 5.91 Å². The minimum Gasteiger partial charge on any atom is -0.340 e. The maximum absolute atomic E-state index is 13.7. The second kappa shape index (κ2) is 12.6. The zero-order valence-corrected chi connectivity index (χ0v) is 24.6. The van der Waals surface area contributed by atoms with Gasteiger partial charge in [-0.1, -0.05) is 60.4 Å². The Morgan fingerprint density at radius 1 is 0.953 bits per heavy atom. The molecule has 6 rings (SSSR count). The lowest BCUT2D eigenvalue weighted by Gasteiger charge is -2.34. The van der Waals surface area contributed by atoms with Gasteiger partial charge in [0.15, 0.2) is 5.13 Å². The van der Waals surface area contributed by atoms with Crippen molar-refractivity contribution in [1.82, 2.24) is 19.7 Å². The van der Waals surface area contributed by atoms with E-state index >= 15 is 0 Å². The third kappa shape index (κ3) is 6.51. The van der Waals surface area contributed by atoms with Crippen LogP contribution in [0.5, 0.6) is 0 Å². The first-order valence-corrected chi connectivity index (χ1v) is 15.1. The van der Waals surface area contributed by atoms with Gasteiger partial charge in [-0.15, -0.1) is 11.3 Å². The van der Waals surface area contributed by atoms with Crippen molar-refractivity contribution in [2.24, 2.45) is 0 Å². The monoisotopic (exact) mass is 589 g/mol. The molecule has 0 bridgehead atoms. The number of amides is 3. The molecule has 0 spiro atoms. The van der Waals surface area contributed by atoms with E-state index in [4.69, 9.17) is 0 Å². The molecule has 0 unspecified atom stereocenters. The van der Waals surface area contributed by atoms with Crippen LogP contribution in [0, 0.1) is 11.8 Å². The first-order valence-electron chi connectivity index (χ1n) is 14.2. The zero-order valence-electron chi connectivity index (χ0n) is 23.8. The number of piperazine rings is 1.